The largest absolute Gasteiger partial charge is 0.417 e. The molecule has 0 spiro atoms. The molecule has 17 heavy (non-hydrogen) atoms. The van der Waals surface area contributed by atoms with Gasteiger partial charge in [0.05, 0.1) is 0 Å². The van der Waals surface area contributed by atoms with Gasteiger partial charge in [-0.1, -0.05) is 44.4 Å². The summed E-state index contributed by atoms with van der Waals surface area (Å²) in [6.07, 6.45) is 0.534. The third-order valence-corrected chi connectivity index (χ3v) is 3.01. The second-order valence-electron chi connectivity index (χ2n) is 4.82. The summed E-state index contributed by atoms with van der Waals surface area (Å²) in [7, 11) is 0. The molecule has 98 valence electrons. The summed E-state index contributed by atoms with van der Waals surface area (Å²) in [5.41, 5.74) is 3.13. The minimum Gasteiger partial charge on any atom is -0.308 e. The van der Waals surface area contributed by atoms with Gasteiger partial charge in [-0.3, -0.25) is 0 Å². The van der Waals surface area contributed by atoms with Crippen molar-refractivity contribution >= 4 is 0 Å². The maximum atomic E-state index is 12.9. The summed E-state index contributed by atoms with van der Waals surface area (Å²) in [5, 5.41) is 0. The van der Waals surface area contributed by atoms with Crippen LogP contribution in [0.25, 0.3) is 0 Å². The zero-order valence-electron chi connectivity index (χ0n) is 10.2. The second kappa shape index (κ2) is 5.77. The van der Waals surface area contributed by atoms with E-state index in [1.54, 1.807) is 0 Å². The molecule has 0 aromatic rings. The van der Waals surface area contributed by atoms with Crippen molar-refractivity contribution in [1.82, 2.24) is 0 Å². The molecule has 0 bridgehead atoms. The van der Waals surface area contributed by atoms with Crippen molar-refractivity contribution in [3.8, 4) is 11.8 Å². The topological polar surface area (TPSA) is 26.0 Å². The van der Waals surface area contributed by atoms with Crippen LogP contribution in [0.4, 0.5) is 13.2 Å². The lowest BCUT2D eigenvalue weighted by Crippen LogP contribution is -2.52. The van der Waals surface area contributed by atoms with Gasteiger partial charge in [0.15, 0.2) is 5.54 Å². The van der Waals surface area contributed by atoms with E-state index in [1.165, 1.54) is 0 Å². The van der Waals surface area contributed by atoms with Gasteiger partial charge >= 0.3 is 6.18 Å². The number of alkyl halides is 3. The van der Waals surface area contributed by atoms with Crippen molar-refractivity contribution in [2.45, 2.75) is 63.6 Å². The fourth-order valence-corrected chi connectivity index (χ4v) is 1.56. The van der Waals surface area contributed by atoms with Crippen LogP contribution in [-0.2, 0) is 0 Å². The average molecular weight is 247 g/mol. The molecular weight excluding hydrogens is 227 g/mol. The van der Waals surface area contributed by atoms with E-state index >= 15 is 0 Å². The molecule has 2 N–H and O–H groups in total. The van der Waals surface area contributed by atoms with Gasteiger partial charge in [0.1, 0.15) is 0 Å². The van der Waals surface area contributed by atoms with Crippen LogP contribution < -0.4 is 5.73 Å². The summed E-state index contributed by atoms with van der Waals surface area (Å²) >= 11 is 0. The van der Waals surface area contributed by atoms with E-state index in [4.69, 9.17) is 5.73 Å². The van der Waals surface area contributed by atoms with Crippen molar-refractivity contribution in [1.29, 1.82) is 0 Å². The smallest absolute Gasteiger partial charge is 0.308 e. The van der Waals surface area contributed by atoms with Gasteiger partial charge in [-0.05, 0) is 19.3 Å². The molecule has 1 fully saturated rings. The summed E-state index contributed by atoms with van der Waals surface area (Å²) in [4.78, 5) is 0. The first kappa shape index (κ1) is 14.4. The van der Waals surface area contributed by atoms with E-state index in [0.29, 0.717) is 6.42 Å². The SMILES string of the molecule is CCCCCC[C@@](N)(C#CC1CC1)C(F)(F)F. The normalized spacial score (nSPS) is 19.4. The van der Waals surface area contributed by atoms with Crippen molar-refractivity contribution in [3.63, 3.8) is 0 Å². The van der Waals surface area contributed by atoms with Crippen LogP contribution in [0.3, 0.4) is 0 Å². The molecule has 1 rings (SSSR count). The molecule has 0 unspecified atom stereocenters. The third-order valence-electron chi connectivity index (χ3n) is 3.01. The molecule has 1 aliphatic carbocycles. The van der Waals surface area contributed by atoms with Crippen molar-refractivity contribution < 1.29 is 13.2 Å². The predicted octanol–water partition coefficient (Wildman–Crippen LogP) is 3.63. The Hall–Kier alpha value is -0.690. The highest BCUT2D eigenvalue weighted by molar-refractivity contribution is 5.23. The number of rotatable bonds is 5. The van der Waals surface area contributed by atoms with Crippen LogP contribution in [0, 0.1) is 17.8 Å². The predicted molar refractivity (Wildman–Crippen MR) is 62.2 cm³/mol. The second-order valence-corrected chi connectivity index (χ2v) is 4.82. The van der Waals surface area contributed by atoms with Crippen molar-refractivity contribution in [2.75, 3.05) is 0 Å². The van der Waals surface area contributed by atoms with E-state index in [9.17, 15) is 13.2 Å². The first-order valence-electron chi connectivity index (χ1n) is 6.27. The van der Waals surface area contributed by atoms with Gasteiger partial charge in [0.25, 0.3) is 0 Å². The minimum atomic E-state index is -4.43. The first-order valence-corrected chi connectivity index (χ1v) is 6.27. The summed E-state index contributed by atoms with van der Waals surface area (Å²) in [5.74, 6) is 5.08. The van der Waals surface area contributed by atoms with E-state index < -0.39 is 11.7 Å². The molecule has 0 aromatic heterocycles. The highest BCUT2D eigenvalue weighted by Crippen LogP contribution is 2.34. The number of hydrogen-bond acceptors (Lipinski definition) is 1. The van der Waals surface area contributed by atoms with Crippen LogP contribution in [0.15, 0.2) is 0 Å². The lowest BCUT2D eigenvalue weighted by molar-refractivity contribution is -0.170. The fourth-order valence-electron chi connectivity index (χ4n) is 1.56. The van der Waals surface area contributed by atoms with E-state index in [-0.39, 0.29) is 12.3 Å². The van der Waals surface area contributed by atoms with Gasteiger partial charge in [-0.2, -0.15) is 13.2 Å². The molecule has 0 radical (unpaired) electrons. The lowest BCUT2D eigenvalue weighted by Gasteiger charge is -2.26. The maximum absolute atomic E-state index is 12.9. The Kier molecular flexibility index (Phi) is 4.88. The Morgan fingerprint density at radius 2 is 1.82 bits per heavy atom. The van der Waals surface area contributed by atoms with E-state index in [0.717, 1.165) is 32.1 Å². The monoisotopic (exact) mass is 247 g/mol. The van der Waals surface area contributed by atoms with E-state index in [1.807, 2.05) is 6.92 Å². The zero-order chi connectivity index (χ0) is 12.9. The Bertz CT molecular complexity index is 296. The molecular formula is C13H20F3N. The standard InChI is InChI=1S/C13H20F3N/c1-2-3-4-5-9-12(17,13(14,15)16)10-8-11-6-7-11/h11H,2-7,9,17H2,1H3/t12-/m1/s1. The molecule has 1 aliphatic rings. The first-order chi connectivity index (χ1) is 7.89. The summed E-state index contributed by atoms with van der Waals surface area (Å²) in [6, 6.07) is 0. The highest BCUT2D eigenvalue weighted by Gasteiger charge is 2.50. The molecule has 1 nitrogen and oxygen atoms in total. The van der Waals surface area contributed by atoms with E-state index in [2.05, 4.69) is 11.8 Å². The Morgan fingerprint density at radius 1 is 1.18 bits per heavy atom. The molecule has 1 atom stereocenters. The van der Waals surface area contributed by atoms with Crippen molar-refractivity contribution in [3.05, 3.63) is 0 Å². The van der Waals surface area contributed by atoms with Gasteiger partial charge < -0.3 is 5.73 Å². The van der Waals surface area contributed by atoms with Crippen LogP contribution in [0.2, 0.25) is 0 Å². The molecule has 0 heterocycles. The van der Waals surface area contributed by atoms with Crippen LogP contribution in [0.5, 0.6) is 0 Å². The van der Waals surface area contributed by atoms with Crippen LogP contribution in [-0.4, -0.2) is 11.7 Å². The Balaban J connectivity index is 2.56. The third kappa shape index (κ3) is 4.59. The number of nitrogens with two attached hydrogens (primary N) is 1. The zero-order valence-corrected chi connectivity index (χ0v) is 10.2. The highest BCUT2D eigenvalue weighted by atomic mass is 19.4. The summed E-state index contributed by atoms with van der Waals surface area (Å²) < 4.78 is 38.6. The molecule has 0 aromatic carbocycles. The van der Waals surface area contributed by atoms with Gasteiger partial charge in [0, 0.05) is 5.92 Å². The fraction of sp³-hybridized carbons (Fsp3) is 0.846. The van der Waals surface area contributed by atoms with Gasteiger partial charge in [-0.15, -0.1) is 0 Å². The molecule has 1 saturated carbocycles. The lowest BCUT2D eigenvalue weighted by atomic mass is 9.92. The van der Waals surface area contributed by atoms with Gasteiger partial charge in [0.2, 0.25) is 0 Å². The quantitative estimate of drug-likeness (QED) is 0.582. The average Bonchev–Trinajstić information content (AvgIpc) is 3.04. The molecule has 0 aliphatic heterocycles. The summed E-state index contributed by atoms with van der Waals surface area (Å²) in [6.45, 7) is 2.02. The molecule has 0 amide bonds. The van der Waals surface area contributed by atoms with Crippen LogP contribution in [0.1, 0.15) is 51.9 Å². The molecule has 0 saturated heterocycles. The number of unbranched alkanes of at least 4 members (excludes halogenated alkanes) is 3. The van der Waals surface area contributed by atoms with Crippen molar-refractivity contribution in [2.24, 2.45) is 11.7 Å². The van der Waals surface area contributed by atoms with Crippen LogP contribution >= 0.6 is 0 Å². The Labute approximate surface area is 101 Å². The molecule has 4 heteroatoms. The van der Waals surface area contributed by atoms with Gasteiger partial charge in [-0.25, -0.2) is 0 Å². The Morgan fingerprint density at radius 3 is 2.29 bits per heavy atom. The number of hydrogen-bond donors (Lipinski definition) is 1. The maximum Gasteiger partial charge on any atom is 0.417 e. The minimum absolute atomic E-state index is 0.0871. The number of halogens is 3.